The standard InChI is InChI=1S/C20H23ClN2O2/c1-14-4-3-5-15(2)18(14)22-20(24)19(23-10-12-25-13-11-23)16-6-8-17(21)9-7-16/h3-9,19H,10-13H2,1-2H3,(H,22,24)/t19-/m1/s1. The lowest BCUT2D eigenvalue weighted by Gasteiger charge is -2.34. The van der Waals surface area contributed by atoms with Gasteiger partial charge in [-0.25, -0.2) is 0 Å². The Hall–Kier alpha value is -1.88. The predicted octanol–water partition coefficient (Wildman–Crippen LogP) is 3.97. The van der Waals surface area contributed by atoms with Crippen LogP contribution in [0.5, 0.6) is 0 Å². The molecule has 1 saturated heterocycles. The average molecular weight is 359 g/mol. The van der Waals surface area contributed by atoms with Crippen LogP contribution in [-0.2, 0) is 9.53 Å². The summed E-state index contributed by atoms with van der Waals surface area (Å²) in [5.41, 5.74) is 3.95. The molecule has 0 bridgehead atoms. The molecular weight excluding hydrogens is 336 g/mol. The first-order chi connectivity index (χ1) is 12.1. The highest BCUT2D eigenvalue weighted by Crippen LogP contribution is 2.27. The second-order valence-electron chi connectivity index (χ2n) is 6.36. The highest BCUT2D eigenvalue weighted by molar-refractivity contribution is 6.30. The fourth-order valence-electron chi connectivity index (χ4n) is 3.21. The van der Waals surface area contributed by atoms with Crippen molar-refractivity contribution in [2.75, 3.05) is 31.6 Å². The van der Waals surface area contributed by atoms with E-state index in [1.165, 1.54) is 0 Å². The van der Waals surface area contributed by atoms with E-state index in [1.54, 1.807) is 0 Å². The highest BCUT2D eigenvalue weighted by atomic mass is 35.5. The van der Waals surface area contributed by atoms with Crippen molar-refractivity contribution in [3.05, 3.63) is 64.2 Å². The van der Waals surface area contributed by atoms with E-state index in [0.717, 1.165) is 35.5 Å². The molecule has 0 aromatic heterocycles. The second-order valence-corrected chi connectivity index (χ2v) is 6.79. The molecule has 3 rings (SSSR count). The van der Waals surface area contributed by atoms with Crippen molar-refractivity contribution >= 4 is 23.2 Å². The summed E-state index contributed by atoms with van der Waals surface area (Å²) in [6.07, 6.45) is 0. The van der Waals surface area contributed by atoms with Gasteiger partial charge in [-0.3, -0.25) is 9.69 Å². The number of anilines is 1. The van der Waals surface area contributed by atoms with Crippen molar-refractivity contribution in [3.63, 3.8) is 0 Å². The SMILES string of the molecule is Cc1cccc(C)c1NC(=O)[C@@H](c1ccc(Cl)cc1)N1CCOCC1. The molecule has 0 aliphatic carbocycles. The molecule has 1 aliphatic heterocycles. The molecule has 0 saturated carbocycles. The Morgan fingerprint density at radius 1 is 1.08 bits per heavy atom. The van der Waals surface area contributed by atoms with Gasteiger partial charge < -0.3 is 10.1 Å². The van der Waals surface area contributed by atoms with Gasteiger partial charge in [0.15, 0.2) is 0 Å². The Morgan fingerprint density at radius 3 is 2.28 bits per heavy atom. The van der Waals surface area contributed by atoms with Crippen LogP contribution >= 0.6 is 11.6 Å². The molecule has 1 fully saturated rings. The third-order valence-electron chi connectivity index (χ3n) is 4.57. The number of hydrogen-bond donors (Lipinski definition) is 1. The Bertz CT molecular complexity index is 720. The zero-order valence-electron chi connectivity index (χ0n) is 14.6. The van der Waals surface area contributed by atoms with Gasteiger partial charge in [0.05, 0.1) is 13.2 Å². The second kappa shape index (κ2) is 8.00. The summed E-state index contributed by atoms with van der Waals surface area (Å²) in [4.78, 5) is 15.3. The van der Waals surface area contributed by atoms with Gasteiger partial charge in [0, 0.05) is 23.8 Å². The summed E-state index contributed by atoms with van der Waals surface area (Å²) in [6.45, 7) is 6.76. The molecule has 0 unspecified atom stereocenters. The van der Waals surface area contributed by atoms with Crippen molar-refractivity contribution in [1.82, 2.24) is 4.90 Å². The molecule has 1 N–H and O–H groups in total. The molecular formula is C20H23ClN2O2. The van der Waals surface area contributed by atoms with E-state index >= 15 is 0 Å². The van der Waals surface area contributed by atoms with Crippen LogP contribution in [0.3, 0.4) is 0 Å². The quantitative estimate of drug-likeness (QED) is 0.899. The van der Waals surface area contributed by atoms with Gasteiger partial charge in [-0.1, -0.05) is 41.9 Å². The average Bonchev–Trinajstić information content (AvgIpc) is 2.61. The van der Waals surface area contributed by atoms with Gasteiger partial charge in [0.2, 0.25) is 5.91 Å². The van der Waals surface area contributed by atoms with E-state index < -0.39 is 0 Å². The first-order valence-electron chi connectivity index (χ1n) is 8.50. The Kier molecular flexibility index (Phi) is 5.74. The van der Waals surface area contributed by atoms with Crippen LogP contribution in [0, 0.1) is 13.8 Å². The molecule has 2 aromatic carbocycles. The number of carbonyl (C=O) groups excluding carboxylic acids is 1. The molecule has 2 aromatic rings. The molecule has 0 spiro atoms. The number of halogens is 1. The summed E-state index contributed by atoms with van der Waals surface area (Å²) in [5, 5.41) is 3.80. The minimum atomic E-state index is -0.361. The predicted molar refractivity (Wildman–Crippen MR) is 101 cm³/mol. The first kappa shape index (κ1) is 17.9. The van der Waals surface area contributed by atoms with Crippen molar-refractivity contribution in [2.24, 2.45) is 0 Å². The van der Waals surface area contributed by atoms with Crippen LogP contribution in [0.15, 0.2) is 42.5 Å². The number of hydrogen-bond acceptors (Lipinski definition) is 3. The van der Waals surface area contributed by atoms with E-state index in [1.807, 2.05) is 56.3 Å². The largest absolute Gasteiger partial charge is 0.379 e. The first-order valence-corrected chi connectivity index (χ1v) is 8.88. The van der Waals surface area contributed by atoms with E-state index in [9.17, 15) is 4.79 Å². The third-order valence-corrected chi connectivity index (χ3v) is 4.83. The lowest BCUT2D eigenvalue weighted by Crippen LogP contribution is -2.44. The topological polar surface area (TPSA) is 41.6 Å². The van der Waals surface area contributed by atoms with Gasteiger partial charge in [-0.2, -0.15) is 0 Å². The van der Waals surface area contributed by atoms with E-state index in [2.05, 4.69) is 10.2 Å². The number of aryl methyl sites for hydroxylation is 2. The lowest BCUT2D eigenvalue weighted by atomic mass is 10.0. The van der Waals surface area contributed by atoms with E-state index in [0.29, 0.717) is 18.2 Å². The monoisotopic (exact) mass is 358 g/mol. The number of ether oxygens (including phenoxy) is 1. The minimum absolute atomic E-state index is 0.0263. The van der Waals surface area contributed by atoms with Crippen LogP contribution in [-0.4, -0.2) is 37.1 Å². The van der Waals surface area contributed by atoms with Crippen molar-refractivity contribution in [1.29, 1.82) is 0 Å². The number of rotatable bonds is 4. The van der Waals surface area contributed by atoms with Crippen molar-refractivity contribution < 1.29 is 9.53 Å². The fraction of sp³-hybridized carbons (Fsp3) is 0.350. The van der Waals surface area contributed by atoms with Crippen molar-refractivity contribution in [2.45, 2.75) is 19.9 Å². The lowest BCUT2D eigenvalue weighted by molar-refractivity contribution is -0.123. The molecule has 0 radical (unpaired) electrons. The van der Waals surface area contributed by atoms with Gasteiger partial charge in [0.1, 0.15) is 6.04 Å². The Morgan fingerprint density at radius 2 is 1.68 bits per heavy atom. The van der Waals surface area contributed by atoms with E-state index in [-0.39, 0.29) is 11.9 Å². The zero-order chi connectivity index (χ0) is 17.8. The molecule has 1 heterocycles. The number of nitrogens with zero attached hydrogens (tertiary/aromatic N) is 1. The Balaban J connectivity index is 1.90. The zero-order valence-corrected chi connectivity index (χ0v) is 15.3. The highest BCUT2D eigenvalue weighted by Gasteiger charge is 2.29. The van der Waals surface area contributed by atoms with Gasteiger partial charge in [0.25, 0.3) is 0 Å². The Labute approximate surface area is 153 Å². The fourth-order valence-corrected chi connectivity index (χ4v) is 3.34. The van der Waals surface area contributed by atoms with Crippen LogP contribution in [0.4, 0.5) is 5.69 Å². The molecule has 1 amide bonds. The van der Waals surface area contributed by atoms with Crippen LogP contribution < -0.4 is 5.32 Å². The summed E-state index contributed by atoms with van der Waals surface area (Å²) >= 11 is 6.02. The smallest absolute Gasteiger partial charge is 0.246 e. The van der Waals surface area contributed by atoms with Crippen molar-refractivity contribution in [3.8, 4) is 0 Å². The number of benzene rings is 2. The third kappa shape index (κ3) is 4.21. The minimum Gasteiger partial charge on any atom is -0.379 e. The van der Waals surface area contributed by atoms with Gasteiger partial charge in [-0.05, 0) is 42.7 Å². The molecule has 132 valence electrons. The molecule has 1 aliphatic rings. The van der Waals surface area contributed by atoms with E-state index in [4.69, 9.17) is 16.3 Å². The van der Waals surface area contributed by atoms with Crippen LogP contribution in [0.2, 0.25) is 5.02 Å². The van der Waals surface area contributed by atoms with Gasteiger partial charge in [-0.15, -0.1) is 0 Å². The number of amides is 1. The number of para-hydroxylation sites is 1. The summed E-state index contributed by atoms with van der Waals surface area (Å²) < 4.78 is 5.45. The summed E-state index contributed by atoms with van der Waals surface area (Å²) in [5.74, 6) is -0.0263. The number of carbonyl (C=O) groups is 1. The summed E-state index contributed by atoms with van der Waals surface area (Å²) in [7, 11) is 0. The maximum absolute atomic E-state index is 13.2. The molecule has 4 nitrogen and oxygen atoms in total. The van der Waals surface area contributed by atoms with Crippen LogP contribution in [0.25, 0.3) is 0 Å². The number of morpholine rings is 1. The normalized spacial score (nSPS) is 16.4. The van der Waals surface area contributed by atoms with Gasteiger partial charge >= 0.3 is 0 Å². The maximum atomic E-state index is 13.2. The molecule has 25 heavy (non-hydrogen) atoms. The summed E-state index contributed by atoms with van der Waals surface area (Å²) in [6, 6.07) is 13.2. The van der Waals surface area contributed by atoms with Crippen LogP contribution in [0.1, 0.15) is 22.7 Å². The molecule has 5 heteroatoms. The maximum Gasteiger partial charge on any atom is 0.246 e. The number of nitrogens with one attached hydrogen (secondary N) is 1. The molecule has 1 atom stereocenters.